The maximum Gasteiger partial charge on any atom is 0.273 e. The molecule has 108 valence electrons. The van der Waals surface area contributed by atoms with Crippen LogP contribution in [0.15, 0.2) is 35.4 Å². The van der Waals surface area contributed by atoms with Crippen molar-refractivity contribution in [3.05, 3.63) is 35.9 Å². The minimum atomic E-state index is -0.613. The second-order valence-corrected chi connectivity index (χ2v) is 5.14. The Hall–Kier alpha value is -1.72. The quantitative estimate of drug-likeness (QED) is 0.770. The van der Waals surface area contributed by atoms with Crippen LogP contribution in [0.4, 0.5) is 0 Å². The lowest BCUT2D eigenvalue weighted by Gasteiger charge is -2.20. The van der Waals surface area contributed by atoms with Crippen LogP contribution < -0.4 is 10.3 Å². The van der Waals surface area contributed by atoms with E-state index in [0.717, 1.165) is 37.2 Å². The van der Waals surface area contributed by atoms with Crippen LogP contribution in [-0.4, -0.2) is 38.9 Å². The van der Waals surface area contributed by atoms with Gasteiger partial charge in [-0.1, -0.05) is 30.3 Å². The van der Waals surface area contributed by atoms with E-state index >= 15 is 0 Å². The zero-order valence-electron chi connectivity index (χ0n) is 12.1. The Morgan fingerprint density at radius 2 is 1.95 bits per heavy atom. The number of hydrazone groups is 1. The normalized spacial score (nSPS) is 20.3. The molecule has 0 radical (unpaired) electrons. The fraction of sp³-hybridized carbons (Fsp3) is 0.467. The van der Waals surface area contributed by atoms with E-state index in [9.17, 15) is 4.79 Å². The van der Waals surface area contributed by atoms with Gasteiger partial charge >= 0.3 is 0 Å². The fourth-order valence-corrected chi connectivity index (χ4v) is 2.29. The standard InChI is InChI=1S/C15H21N3O2/c1-18-10-8-13(9-11-18)16-17-15(19)14(20-2)12-6-4-3-5-7-12/h3-7,14H,8-11H2,1-2H3,(H,17,19)/p+1/t14-/m0/s1. The monoisotopic (exact) mass is 276 g/mol. The first-order valence-corrected chi connectivity index (χ1v) is 6.95. The van der Waals surface area contributed by atoms with Gasteiger partial charge in [-0.05, 0) is 5.56 Å². The summed E-state index contributed by atoms with van der Waals surface area (Å²) in [6, 6.07) is 9.44. The van der Waals surface area contributed by atoms with Gasteiger partial charge in [0.05, 0.1) is 20.1 Å². The summed E-state index contributed by atoms with van der Waals surface area (Å²) in [5.74, 6) is -0.225. The molecule has 1 aliphatic rings. The third-order valence-electron chi connectivity index (χ3n) is 3.58. The Balaban J connectivity index is 1.95. The third-order valence-corrected chi connectivity index (χ3v) is 3.58. The van der Waals surface area contributed by atoms with Crippen molar-refractivity contribution in [1.29, 1.82) is 0 Å². The Morgan fingerprint density at radius 3 is 2.55 bits per heavy atom. The van der Waals surface area contributed by atoms with Crippen LogP contribution in [-0.2, 0) is 9.53 Å². The Kier molecular flexibility index (Phi) is 5.26. The highest BCUT2D eigenvalue weighted by Crippen LogP contribution is 2.16. The smallest absolute Gasteiger partial charge is 0.273 e. The Morgan fingerprint density at radius 1 is 1.30 bits per heavy atom. The van der Waals surface area contributed by atoms with E-state index in [2.05, 4.69) is 17.6 Å². The molecule has 0 aromatic heterocycles. The Labute approximate surface area is 119 Å². The van der Waals surface area contributed by atoms with Crippen molar-refractivity contribution in [1.82, 2.24) is 5.43 Å². The summed E-state index contributed by atoms with van der Waals surface area (Å²) in [6.07, 6.45) is 1.27. The molecule has 5 nitrogen and oxygen atoms in total. The summed E-state index contributed by atoms with van der Waals surface area (Å²) in [6.45, 7) is 2.14. The lowest BCUT2D eigenvalue weighted by atomic mass is 10.1. The number of quaternary nitrogens is 1. The maximum absolute atomic E-state index is 12.1. The molecule has 2 N–H and O–H groups in total. The summed E-state index contributed by atoms with van der Waals surface area (Å²) in [7, 11) is 3.70. The van der Waals surface area contributed by atoms with Crippen molar-refractivity contribution in [2.75, 3.05) is 27.2 Å². The van der Waals surface area contributed by atoms with Gasteiger partial charge in [0, 0.05) is 25.7 Å². The SMILES string of the molecule is CO[C@H](C(=O)NN=C1CC[NH+](C)CC1)c1ccccc1. The molecule has 0 spiro atoms. The molecule has 1 aliphatic heterocycles. The number of carbonyl (C=O) groups is 1. The van der Waals surface area contributed by atoms with Crippen LogP contribution >= 0.6 is 0 Å². The van der Waals surface area contributed by atoms with E-state index in [1.807, 2.05) is 30.3 Å². The van der Waals surface area contributed by atoms with Crippen LogP contribution in [0.2, 0.25) is 0 Å². The first kappa shape index (κ1) is 14.7. The van der Waals surface area contributed by atoms with Crippen LogP contribution in [0.1, 0.15) is 24.5 Å². The number of methoxy groups -OCH3 is 1. The lowest BCUT2D eigenvalue weighted by Crippen LogP contribution is -3.10. The van der Waals surface area contributed by atoms with Gasteiger partial charge in [0.15, 0.2) is 6.10 Å². The number of nitrogens with zero attached hydrogens (tertiary/aromatic N) is 1. The zero-order chi connectivity index (χ0) is 14.4. The average molecular weight is 276 g/mol. The number of likely N-dealkylation sites (tertiary alicyclic amines) is 1. The molecule has 0 aliphatic carbocycles. The van der Waals surface area contributed by atoms with E-state index in [1.165, 1.54) is 12.0 Å². The number of amides is 1. The van der Waals surface area contributed by atoms with Gasteiger partial charge < -0.3 is 9.64 Å². The van der Waals surface area contributed by atoms with E-state index in [4.69, 9.17) is 4.74 Å². The van der Waals surface area contributed by atoms with Crippen LogP contribution in [0.25, 0.3) is 0 Å². The molecule has 0 saturated carbocycles. The van der Waals surface area contributed by atoms with Crippen molar-refractivity contribution in [2.24, 2.45) is 5.10 Å². The molecule has 1 aromatic carbocycles. The number of rotatable bonds is 4. The number of hydrogen-bond acceptors (Lipinski definition) is 3. The van der Waals surface area contributed by atoms with Crippen LogP contribution in [0.5, 0.6) is 0 Å². The first-order chi connectivity index (χ1) is 9.70. The molecule has 0 bridgehead atoms. The van der Waals surface area contributed by atoms with Crippen molar-refractivity contribution in [3.8, 4) is 0 Å². The molecule has 1 amide bonds. The number of ether oxygens (including phenoxy) is 1. The van der Waals surface area contributed by atoms with Gasteiger partial charge in [-0.15, -0.1) is 0 Å². The molecule has 20 heavy (non-hydrogen) atoms. The summed E-state index contributed by atoms with van der Waals surface area (Å²) in [5, 5.41) is 4.24. The number of benzene rings is 1. The Bertz CT molecular complexity index is 463. The second kappa shape index (κ2) is 7.17. The molecule has 5 heteroatoms. The molecule has 1 saturated heterocycles. The van der Waals surface area contributed by atoms with E-state index in [-0.39, 0.29) is 5.91 Å². The minimum Gasteiger partial charge on any atom is -0.367 e. The fourth-order valence-electron chi connectivity index (χ4n) is 2.29. The summed E-state index contributed by atoms with van der Waals surface area (Å²) >= 11 is 0. The summed E-state index contributed by atoms with van der Waals surface area (Å²) < 4.78 is 5.27. The van der Waals surface area contributed by atoms with Gasteiger partial charge in [-0.2, -0.15) is 5.10 Å². The predicted octanol–water partition coefficient (Wildman–Crippen LogP) is 0.155. The van der Waals surface area contributed by atoms with E-state index in [1.54, 1.807) is 0 Å². The van der Waals surface area contributed by atoms with Crippen LogP contribution in [0.3, 0.4) is 0 Å². The van der Waals surface area contributed by atoms with Crippen LogP contribution in [0, 0.1) is 0 Å². The number of nitrogens with one attached hydrogen (secondary N) is 2. The van der Waals surface area contributed by atoms with E-state index < -0.39 is 6.10 Å². The van der Waals surface area contributed by atoms with Gasteiger partial charge in [0.25, 0.3) is 5.91 Å². The molecular formula is C15H22N3O2+. The van der Waals surface area contributed by atoms with Crippen molar-refractivity contribution in [3.63, 3.8) is 0 Å². The number of piperidine rings is 1. The molecule has 0 unspecified atom stereocenters. The minimum absolute atomic E-state index is 0.225. The highest BCUT2D eigenvalue weighted by Gasteiger charge is 2.20. The van der Waals surface area contributed by atoms with Crippen molar-refractivity contribution in [2.45, 2.75) is 18.9 Å². The number of hydrogen-bond donors (Lipinski definition) is 2. The first-order valence-electron chi connectivity index (χ1n) is 6.95. The second-order valence-electron chi connectivity index (χ2n) is 5.14. The average Bonchev–Trinajstić information content (AvgIpc) is 2.48. The van der Waals surface area contributed by atoms with E-state index in [0.29, 0.717) is 0 Å². The van der Waals surface area contributed by atoms with Gasteiger partial charge in [-0.25, -0.2) is 5.43 Å². The van der Waals surface area contributed by atoms with Crippen molar-refractivity contribution >= 4 is 11.6 Å². The topological polar surface area (TPSA) is 55.1 Å². The summed E-state index contributed by atoms with van der Waals surface area (Å²) in [4.78, 5) is 13.6. The molecule has 1 atom stereocenters. The molecule has 1 aromatic rings. The summed E-state index contributed by atoms with van der Waals surface area (Å²) in [5.41, 5.74) is 4.53. The van der Waals surface area contributed by atoms with Crippen molar-refractivity contribution < 1.29 is 14.4 Å². The van der Waals surface area contributed by atoms with Gasteiger partial charge in [0.2, 0.25) is 0 Å². The molecule has 1 heterocycles. The third kappa shape index (κ3) is 3.88. The molecule has 2 rings (SSSR count). The molecular weight excluding hydrogens is 254 g/mol. The highest BCUT2D eigenvalue weighted by atomic mass is 16.5. The lowest BCUT2D eigenvalue weighted by molar-refractivity contribution is -0.880. The number of carbonyl (C=O) groups excluding carboxylic acids is 1. The van der Waals surface area contributed by atoms with Gasteiger partial charge in [0.1, 0.15) is 0 Å². The largest absolute Gasteiger partial charge is 0.367 e. The predicted molar refractivity (Wildman–Crippen MR) is 77.6 cm³/mol. The maximum atomic E-state index is 12.1. The molecule has 1 fully saturated rings. The zero-order valence-corrected chi connectivity index (χ0v) is 12.1. The van der Waals surface area contributed by atoms with Gasteiger partial charge in [-0.3, -0.25) is 4.79 Å². The highest BCUT2D eigenvalue weighted by molar-refractivity contribution is 5.88.